The van der Waals surface area contributed by atoms with E-state index in [0.29, 0.717) is 62.8 Å². The van der Waals surface area contributed by atoms with Gasteiger partial charge in [-0.05, 0) is 100 Å². The van der Waals surface area contributed by atoms with E-state index in [4.69, 9.17) is 24.9 Å². The number of nitrogens with one attached hydrogen (secondary N) is 2. The van der Waals surface area contributed by atoms with E-state index in [-0.39, 0.29) is 5.75 Å². The van der Waals surface area contributed by atoms with Gasteiger partial charge in [-0.3, -0.25) is 0 Å². The van der Waals surface area contributed by atoms with E-state index in [1.165, 1.54) is 23.8 Å². The third kappa shape index (κ3) is 5.76. The van der Waals surface area contributed by atoms with Gasteiger partial charge in [-0.2, -0.15) is 4.37 Å². The Morgan fingerprint density at radius 2 is 2.00 bits per heavy atom. The van der Waals surface area contributed by atoms with Crippen molar-refractivity contribution in [2.45, 2.75) is 59.2 Å². The number of hydrogen-bond acceptors (Lipinski definition) is 9. The molecule has 0 aliphatic carbocycles. The summed E-state index contributed by atoms with van der Waals surface area (Å²) in [4.78, 5) is 22.6. The zero-order valence-electron chi connectivity index (χ0n) is 27.4. The summed E-state index contributed by atoms with van der Waals surface area (Å²) in [5.74, 6) is -0.881. The van der Waals surface area contributed by atoms with Crippen molar-refractivity contribution in [3.63, 3.8) is 0 Å². The molecule has 3 N–H and O–H groups in total. The number of carboxylic acids is 1. The van der Waals surface area contributed by atoms with Crippen molar-refractivity contribution in [1.82, 2.24) is 18.9 Å². The molecule has 1 aliphatic rings. The Kier molecular flexibility index (Phi) is 8.35. The molecule has 0 saturated carbocycles. The maximum atomic E-state index is 15.7. The van der Waals surface area contributed by atoms with E-state index in [1.807, 2.05) is 42.8 Å². The van der Waals surface area contributed by atoms with Gasteiger partial charge >= 0.3 is 5.97 Å². The number of pyridine rings is 1. The Hall–Kier alpha value is -4.68. The largest absolute Gasteiger partial charge is 0.490 e. The molecule has 0 fully saturated rings. The predicted molar refractivity (Wildman–Crippen MR) is 182 cm³/mol. The SMILES string of the molecule is CNc1ccc(-c2nsc(-c3cc4c(-c5cc(F)c6c(c5C)CCCO6)c([C@H](OC(C)(C)C)C(=O)O)c(C)nc4n3C)n2)cc1C=N. The molecule has 1 aliphatic heterocycles. The normalized spacial score (nSPS) is 13.7. The van der Waals surface area contributed by atoms with Crippen LogP contribution in [0.2, 0.25) is 0 Å². The summed E-state index contributed by atoms with van der Waals surface area (Å²) >= 11 is 1.23. The van der Waals surface area contributed by atoms with Gasteiger partial charge < -0.3 is 29.9 Å². The van der Waals surface area contributed by atoms with E-state index in [0.717, 1.165) is 34.5 Å². The molecule has 3 aromatic heterocycles. The van der Waals surface area contributed by atoms with Crippen molar-refractivity contribution in [2.24, 2.45) is 7.05 Å². The van der Waals surface area contributed by atoms with Gasteiger partial charge in [0.25, 0.3) is 0 Å². The highest BCUT2D eigenvalue weighted by Crippen LogP contribution is 2.45. The van der Waals surface area contributed by atoms with Gasteiger partial charge in [0.2, 0.25) is 0 Å². The highest BCUT2D eigenvalue weighted by molar-refractivity contribution is 7.09. The first-order chi connectivity index (χ1) is 22.3. The summed E-state index contributed by atoms with van der Waals surface area (Å²) in [6.07, 6.45) is 1.33. The van der Waals surface area contributed by atoms with E-state index < -0.39 is 23.5 Å². The Morgan fingerprint density at radius 1 is 1.23 bits per heavy atom. The van der Waals surface area contributed by atoms with Crippen molar-refractivity contribution in [1.29, 1.82) is 5.41 Å². The van der Waals surface area contributed by atoms with Crippen molar-refractivity contribution >= 4 is 40.4 Å². The van der Waals surface area contributed by atoms with Crippen LogP contribution in [0.15, 0.2) is 30.3 Å². The molecule has 12 heteroatoms. The molecule has 5 aromatic rings. The number of rotatable bonds is 8. The topological polar surface area (TPSA) is 135 Å². The second kappa shape index (κ2) is 12.2. The van der Waals surface area contributed by atoms with Crippen LogP contribution in [0.3, 0.4) is 0 Å². The van der Waals surface area contributed by atoms with Crippen LogP contribution in [0.25, 0.3) is 44.2 Å². The molecular formula is C35H37FN6O4S. The van der Waals surface area contributed by atoms with Crippen LogP contribution < -0.4 is 10.1 Å². The van der Waals surface area contributed by atoms with Crippen molar-refractivity contribution in [3.05, 3.63) is 64.1 Å². The minimum Gasteiger partial charge on any atom is -0.490 e. The zero-order valence-corrected chi connectivity index (χ0v) is 28.2. The summed E-state index contributed by atoms with van der Waals surface area (Å²) in [6.45, 7) is 9.54. The van der Waals surface area contributed by atoms with Gasteiger partial charge in [-0.25, -0.2) is 19.2 Å². The average Bonchev–Trinajstić information content (AvgIpc) is 3.65. The number of benzene rings is 2. The first kappa shape index (κ1) is 32.3. The van der Waals surface area contributed by atoms with Crippen LogP contribution in [0, 0.1) is 25.1 Å². The Labute approximate surface area is 276 Å². The lowest BCUT2D eigenvalue weighted by Crippen LogP contribution is -2.28. The lowest BCUT2D eigenvalue weighted by atomic mass is 9.86. The van der Waals surface area contributed by atoms with Gasteiger partial charge in [-0.15, -0.1) is 0 Å². The molecule has 10 nitrogen and oxygen atoms in total. The number of fused-ring (bicyclic) bond motifs is 2. The van der Waals surface area contributed by atoms with Gasteiger partial charge in [0.05, 0.1) is 17.9 Å². The average molecular weight is 657 g/mol. The number of carboxylic acid groups (broad SMARTS) is 1. The number of ether oxygens (including phenoxy) is 2. The third-order valence-electron chi connectivity index (χ3n) is 8.45. The molecule has 0 bridgehead atoms. The number of aliphatic carboxylic acids is 1. The van der Waals surface area contributed by atoms with Crippen LogP contribution in [-0.2, 0) is 23.0 Å². The predicted octanol–water partition coefficient (Wildman–Crippen LogP) is 7.49. The number of aromatic nitrogens is 4. The first-order valence-corrected chi connectivity index (χ1v) is 16.1. The Bertz CT molecular complexity index is 2060. The fourth-order valence-corrected chi connectivity index (χ4v) is 7.01. The lowest BCUT2D eigenvalue weighted by Gasteiger charge is -2.29. The van der Waals surface area contributed by atoms with Gasteiger partial charge in [0.1, 0.15) is 5.65 Å². The molecule has 6 rings (SSSR count). The second-order valence-electron chi connectivity index (χ2n) is 12.7. The molecule has 0 saturated heterocycles. The number of aryl methyl sites for hydroxylation is 2. The highest BCUT2D eigenvalue weighted by Gasteiger charge is 2.34. The Morgan fingerprint density at radius 3 is 2.68 bits per heavy atom. The number of hydrogen-bond donors (Lipinski definition) is 3. The van der Waals surface area contributed by atoms with Crippen LogP contribution in [-0.4, -0.2) is 55.5 Å². The molecule has 0 unspecified atom stereocenters. The molecular weight excluding hydrogens is 619 g/mol. The second-order valence-corrected chi connectivity index (χ2v) is 13.4. The standard InChI is InChI=1S/C35H37FN6O4S/c1-17-21-9-8-12-45-29(21)24(36)14-22(17)28-23-15-26(33-40-31(41-47-33)19-10-11-25(38-6)20(13-19)16-37)42(7)32(23)39-18(2)27(28)30(34(43)44)46-35(3,4)5/h10-11,13-16,30,37-38H,8-9,12H2,1-7H3,(H,43,44)/t30-/m0/s1. The minimum atomic E-state index is -1.36. The van der Waals surface area contributed by atoms with Crippen LogP contribution in [0.4, 0.5) is 10.1 Å². The maximum absolute atomic E-state index is 15.7. The summed E-state index contributed by atoms with van der Waals surface area (Å²) in [5, 5.41) is 22.7. The summed E-state index contributed by atoms with van der Waals surface area (Å²) < 4.78 is 34.2. The smallest absolute Gasteiger partial charge is 0.337 e. The van der Waals surface area contributed by atoms with Crippen LogP contribution >= 0.6 is 11.5 Å². The molecule has 47 heavy (non-hydrogen) atoms. The molecule has 0 spiro atoms. The van der Waals surface area contributed by atoms with Crippen molar-refractivity contribution in [2.75, 3.05) is 19.0 Å². The Balaban J connectivity index is 1.61. The molecule has 244 valence electrons. The maximum Gasteiger partial charge on any atom is 0.337 e. The monoisotopic (exact) mass is 656 g/mol. The first-order valence-electron chi connectivity index (χ1n) is 15.3. The fraction of sp³-hybridized carbons (Fsp3) is 0.343. The number of anilines is 1. The summed E-state index contributed by atoms with van der Waals surface area (Å²) in [5.41, 5.74) is 6.39. The molecule has 1 atom stereocenters. The van der Waals surface area contributed by atoms with Gasteiger partial charge in [-0.1, -0.05) is 0 Å². The van der Waals surface area contributed by atoms with E-state index in [1.54, 1.807) is 34.7 Å². The van der Waals surface area contributed by atoms with Gasteiger partial charge in [0, 0.05) is 64.9 Å². The van der Waals surface area contributed by atoms with Crippen molar-refractivity contribution < 1.29 is 23.8 Å². The lowest BCUT2D eigenvalue weighted by molar-refractivity contribution is -0.160. The molecule has 0 amide bonds. The summed E-state index contributed by atoms with van der Waals surface area (Å²) in [6, 6.07) is 9.01. The number of halogens is 1. The number of nitrogens with zero attached hydrogens (tertiary/aromatic N) is 4. The fourth-order valence-electron chi connectivity index (χ4n) is 6.27. The molecule has 0 radical (unpaired) electrons. The minimum absolute atomic E-state index is 0.255. The van der Waals surface area contributed by atoms with E-state index in [2.05, 4.69) is 9.69 Å². The molecule has 4 heterocycles. The highest BCUT2D eigenvalue weighted by atomic mass is 32.1. The third-order valence-corrected chi connectivity index (χ3v) is 9.18. The number of carbonyl (C=O) groups is 1. The van der Waals surface area contributed by atoms with Crippen molar-refractivity contribution in [3.8, 4) is 39.0 Å². The van der Waals surface area contributed by atoms with Crippen LogP contribution in [0.1, 0.15) is 61.2 Å². The quantitative estimate of drug-likeness (QED) is 0.146. The zero-order chi connectivity index (χ0) is 33.8. The van der Waals surface area contributed by atoms with Gasteiger partial charge in [0.15, 0.2) is 28.5 Å². The molecule has 2 aromatic carbocycles. The van der Waals surface area contributed by atoms with E-state index in [9.17, 15) is 9.90 Å². The van der Waals surface area contributed by atoms with Crippen LogP contribution in [0.5, 0.6) is 5.75 Å². The summed E-state index contributed by atoms with van der Waals surface area (Å²) in [7, 11) is 3.68. The van der Waals surface area contributed by atoms with E-state index >= 15 is 4.39 Å².